The number of aromatic nitrogens is 2. The molecule has 0 aliphatic rings. The summed E-state index contributed by atoms with van der Waals surface area (Å²) in [4.78, 5) is 17.1. The highest BCUT2D eigenvalue weighted by atomic mass is 79.9. The zero-order chi connectivity index (χ0) is 9.42. The van der Waals surface area contributed by atoms with E-state index >= 15 is 0 Å². The largest absolute Gasteiger partial charge is 0.345 e. The molecule has 1 N–H and O–H groups in total. The summed E-state index contributed by atoms with van der Waals surface area (Å²) in [7, 11) is 0. The van der Waals surface area contributed by atoms with Crippen LogP contribution in [0.4, 0.5) is 0 Å². The van der Waals surface area contributed by atoms with Crippen molar-refractivity contribution in [3.63, 3.8) is 0 Å². The molecule has 0 spiro atoms. The van der Waals surface area contributed by atoms with Gasteiger partial charge < -0.3 is 4.98 Å². The van der Waals surface area contributed by atoms with Crippen LogP contribution in [0, 0.1) is 0 Å². The predicted molar refractivity (Wildman–Crippen MR) is 55.1 cm³/mol. The van der Waals surface area contributed by atoms with Crippen LogP contribution in [0.1, 0.15) is 0 Å². The Labute approximate surface area is 86.9 Å². The molecule has 0 radical (unpaired) electrons. The molecule has 0 bridgehead atoms. The first-order valence-electron chi connectivity index (χ1n) is 3.51. The monoisotopic (exact) mass is 258 g/mol. The Kier molecular flexibility index (Phi) is 2.09. The number of fused-ring (bicyclic) bond motifs is 1. The molecule has 1 heterocycles. The van der Waals surface area contributed by atoms with Gasteiger partial charge in [0.2, 0.25) is 0 Å². The molecule has 2 aromatic rings. The second-order valence-electron chi connectivity index (χ2n) is 2.54. The summed E-state index contributed by atoms with van der Waals surface area (Å²) in [5, 5.41) is 1.41. The number of nitrogens with one attached hydrogen (secondary N) is 1. The van der Waals surface area contributed by atoms with Gasteiger partial charge in [-0.05, 0) is 28.1 Å². The molecule has 2 rings (SSSR count). The van der Waals surface area contributed by atoms with E-state index in [9.17, 15) is 4.79 Å². The number of benzene rings is 1. The Bertz CT molecular complexity index is 523. The molecule has 3 nitrogen and oxygen atoms in total. The van der Waals surface area contributed by atoms with E-state index in [-0.39, 0.29) is 5.69 Å². The van der Waals surface area contributed by atoms with Gasteiger partial charge in [-0.2, -0.15) is 0 Å². The van der Waals surface area contributed by atoms with Crippen LogP contribution in [-0.2, 0) is 0 Å². The van der Waals surface area contributed by atoms with E-state index in [0.717, 1.165) is 9.86 Å². The quantitative estimate of drug-likeness (QED) is 0.789. The Hall–Kier alpha value is -0.870. The zero-order valence-electron chi connectivity index (χ0n) is 6.34. The fourth-order valence-corrected chi connectivity index (χ4v) is 2.03. The Morgan fingerprint density at radius 2 is 2.23 bits per heavy atom. The first kappa shape index (κ1) is 8.72. The van der Waals surface area contributed by atoms with E-state index in [1.807, 2.05) is 0 Å². The normalized spacial score (nSPS) is 10.6. The van der Waals surface area contributed by atoms with Crippen LogP contribution >= 0.6 is 27.5 Å². The van der Waals surface area contributed by atoms with Crippen LogP contribution in [0.15, 0.2) is 27.6 Å². The third-order valence-corrected chi connectivity index (χ3v) is 2.48. The SMILES string of the molecule is O=c1ncc2cc(Cl)cc(Br)c2[nH]1. The van der Waals surface area contributed by atoms with E-state index < -0.39 is 0 Å². The number of H-pyrrole nitrogens is 1. The first-order valence-corrected chi connectivity index (χ1v) is 4.68. The van der Waals surface area contributed by atoms with Gasteiger partial charge in [-0.15, -0.1) is 0 Å². The number of halogens is 2. The highest BCUT2D eigenvalue weighted by Gasteiger charge is 2.01. The third-order valence-electron chi connectivity index (χ3n) is 1.64. The maximum atomic E-state index is 10.9. The molecule has 0 fully saturated rings. The van der Waals surface area contributed by atoms with E-state index in [1.54, 1.807) is 12.1 Å². The van der Waals surface area contributed by atoms with Gasteiger partial charge in [0.1, 0.15) is 0 Å². The zero-order valence-corrected chi connectivity index (χ0v) is 8.69. The predicted octanol–water partition coefficient (Wildman–Crippen LogP) is 2.34. The summed E-state index contributed by atoms with van der Waals surface area (Å²) >= 11 is 9.11. The summed E-state index contributed by atoms with van der Waals surface area (Å²) < 4.78 is 0.759. The van der Waals surface area contributed by atoms with Gasteiger partial charge in [-0.3, -0.25) is 0 Å². The van der Waals surface area contributed by atoms with Gasteiger partial charge in [-0.25, -0.2) is 9.78 Å². The number of rotatable bonds is 0. The second-order valence-corrected chi connectivity index (χ2v) is 3.83. The fraction of sp³-hybridized carbons (Fsp3) is 0. The second kappa shape index (κ2) is 3.12. The van der Waals surface area contributed by atoms with Crippen molar-refractivity contribution in [2.75, 3.05) is 0 Å². The smallest absolute Gasteiger partial charge is 0.304 e. The van der Waals surface area contributed by atoms with Crippen molar-refractivity contribution >= 4 is 38.4 Å². The third kappa shape index (κ3) is 1.59. The maximum absolute atomic E-state index is 10.9. The van der Waals surface area contributed by atoms with Crippen LogP contribution in [-0.4, -0.2) is 9.97 Å². The number of aromatic amines is 1. The minimum atomic E-state index is -0.365. The molecule has 1 aromatic heterocycles. The molecule has 0 aliphatic carbocycles. The number of nitrogens with zero attached hydrogens (tertiary/aromatic N) is 1. The van der Waals surface area contributed by atoms with E-state index in [2.05, 4.69) is 25.9 Å². The van der Waals surface area contributed by atoms with Crippen molar-refractivity contribution in [3.05, 3.63) is 38.3 Å². The summed E-state index contributed by atoms with van der Waals surface area (Å²) in [6.45, 7) is 0. The summed E-state index contributed by atoms with van der Waals surface area (Å²) in [6, 6.07) is 3.46. The molecule has 66 valence electrons. The van der Waals surface area contributed by atoms with Crippen LogP contribution < -0.4 is 5.69 Å². The average Bonchev–Trinajstić information content (AvgIpc) is 2.06. The molecule has 0 amide bonds. The van der Waals surface area contributed by atoms with Crippen LogP contribution in [0.3, 0.4) is 0 Å². The van der Waals surface area contributed by atoms with Crippen molar-refractivity contribution in [2.24, 2.45) is 0 Å². The van der Waals surface area contributed by atoms with Crippen LogP contribution in [0.2, 0.25) is 5.02 Å². The lowest BCUT2D eigenvalue weighted by atomic mass is 10.2. The van der Waals surface area contributed by atoms with Crippen LogP contribution in [0.25, 0.3) is 10.9 Å². The minimum Gasteiger partial charge on any atom is -0.304 e. The molecule has 5 heteroatoms. The van der Waals surface area contributed by atoms with Crippen molar-refractivity contribution in [1.29, 1.82) is 0 Å². The van der Waals surface area contributed by atoms with Gasteiger partial charge >= 0.3 is 5.69 Å². The van der Waals surface area contributed by atoms with Gasteiger partial charge in [0.05, 0.1) is 5.52 Å². The van der Waals surface area contributed by atoms with Crippen LogP contribution in [0.5, 0.6) is 0 Å². The molecule has 0 saturated carbocycles. The van der Waals surface area contributed by atoms with Gasteiger partial charge in [0, 0.05) is 21.1 Å². The lowest BCUT2D eigenvalue weighted by Gasteiger charge is -1.99. The van der Waals surface area contributed by atoms with Gasteiger partial charge in [0.25, 0.3) is 0 Å². The molecule has 13 heavy (non-hydrogen) atoms. The first-order chi connectivity index (χ1) is 6.16. The van der Waals surface area contributed by atoms with Gasteiger partial charge in [-0.1, -0.05) is 11.6 Å². The Morgan fingerprint density at radius 3 is 3.00 bits per heavy atom. The number of hydrogen-bond donors (Lipinski definition) is 1. The highest BCUT2D eigenvalue weighted by molar-refractivity contribution is 9.10. The molecule has 0 aliphatic heterocycles. The lowest BCUT2D eigenvalue weighted by molar-refractivity contribution is 1.12. The molecular formula is C8H4BrClN2O. The Morgan fingerprint density at radius 1 is 1.46 bits per heavy atom. The van der Waals surface area contributed by atoms with E-state index in [1.165, 1.54) is 6.20 Å². The summed E-state index contributed by atoms with van der Waals surface area (Å²) in [5.41, 5.74) is 0.347. The number of hydrogen-bond acceptors (Lipinski definition) is 2. The Balaban J connectivity index is 2.95. The molecule has 0 unspecified atom stereocenters. The minimum absolute atomic E-state index is 0.365. The summed E-state index contributed by atoms with van der Waals surface area (Å²) in [6.07, 6.45) is 1.49. The van der Waals surface area contributed by atoms with Crippen molar-refractivity contribution in [1.82, 2.24) is 9.97 Å². The van der Waals surface area contributed by atoms with Crippen molar-refractivity contribution in [2.45, 2.75) is 0 Å². The topological polar surface area (TPSA) is 45.8 Å². The average molecular weight is 259 g/mol. The van der Waals surface area contributed by atoms with E-state index in [0.29, 0.717) is 10.5 Å². The summed E-state index contributed by atoms with van der Waals surface area (Å²) in [5.74, 6) is 0. The van der Waals surface area contributed by atoms with E-state index in [4.69, 9.17) is 11.6 Å². The maximum Gasteiger partial charge on any atom is 0.345 e. The van der Waals surface area contributed by atoms with Crippen molar-refractivity contribution < 1.29 is 0 Å². The molecule has 1 aromatic carbocycles. The highest BCUT2D eigenvalue weighted by Crippen LogP contribution is 2.24. The molecule has 0 atom stereocenters. The van der Waals surface area contributed by atoms with Gasteiger partial charge in [0.15, 0.2) is 0 Å². The molecule has 0 saturated heterocycles. The fourth-order valence-electron chi connectivity index (χ4n) is 1.09. The lowest BCUT2D eigenvalue weighted by Crippen LogP contribution is -2.08. The van der Waals surface area contributed by atoms with Crippen molar-refractivity contribution in [3.8, 4) is 0 Å². The molecular weight excluding hydrogens is 255 g/mol. The standard InChI is InChI=1S/C8H4BrClN2O/c9-6-2-5(10)1-4-3-11-8(13)12-7(4)6/h1-3H,(H,11,12,13).